The van der Waals surface area contributed by atoms with E-state index in [-0.39, 0.29) is 0 Å². The first kappa shape index (κ1) is 14.4. The van der Waals surface area contributed by atoms with Crippen molar-refractivity contribution < 1.29 is 0 Å². The summed E-state index contributed by atoms with van der Waals surface area (Å²) in [6.07, 6.45) is 0. The van der Waals surface area contributed by atoms with Crippen LogP contribution in [-0.2, 0) is 13.6 Å². The number of aryl methyl sites for hydroxylation is 1. The molecular formula is C13H18N4S2. The maximum absolute atomic E-state index is 5.91. The zero-order valence-electron chi connectivity index (χ0n) is 11.4. The number of hydrogen-bond donors (Lipinski definition) is 1. The Bertz CT molecular complexity index is 566. The third kappa shape index (κ3) is 3.13. The highest BCUT2D eigenvalue weighted by atomic mass is 32.2. The van der Waals surface area contributed by atoms with Gasteiger partial charge in [-0.05, 0) is 42.1 Å². The molecule has 1 aromatic heterocycles. The molecule has 6 heteroatoms. The summed E-state index contributed by atoms with van der Waals surface area (Å²) in [6, 6.07) is 6.29. The van der Waals surface area contributed by atoms with Crippen molar-refractivity contribution in [3.05, 3.63) is 29.6 Å². The minimum Gasteiger partial charge on any atom is -0.326 e. The van der Waals surface area contributed by atoms with Crippen LogP contribution < -0.4 is 5.73 Å². The van der Waals surface area contributed by atoms with Gasteiger partial charge >= 0.3 is 0 Å². The Morgan fingerprint density at radius 2 is 2.00 bits per heavy atom. The lowest BCUT2D eigenvalue weighted by Crippen LogP contribution is -2.01. The zero-order valence-corrected chi connectivity index (χ0v) is 13.0. The van der Waals surface area contributed by atoms with E-state index in [4.69, 9.17) is 5.73 Å². The number of thioether (sulfide) groups is 1. The minimum atomic E-state index is 0.544. The van der Waals surface area contributed by atoms with Crippen molar-refractivity contribution in [2.45, 2.75) is 35.3 Å². The van der Waals surface area contributed by atoms with Gasteiger partial charge in [-0.3, -0.25) is 0 Å². The van der Waals surface area contributed by atoms with Gasteiger partial charge in [0, 0.05) is 23.4 Å². The van der Waals surface area contributed by atoms with Gasteiger partial charge in [0.15, 0.2) is 5.16 Å². The summed E-state index contributed by atoms with van der Waals surface area (Å²) in [6.45, 7) is 4.64. The molecule has 0 radical (unpaired) electrons. The maximum atomic E-state index is 5.91. The molecular weight excluding hydrogens is 276 g/mol. The molecule has 0 unspecified atom stereocenters. The molecule has 2 aromatic rings. The number of nitrogens with zero attached hydrogens (tertiary/aromatic N) is 3. The smallest absolute Gasteiger partial charge is 0.195 e. The summed E-state index contributed by atoms with van der Waals surface area (Å²) < 4.78 is 1.99. The Morgan fingerprint density at radius 3 is 2.58 bits per heavy atom. The normalized spacial score (nSPS) is 10.9. The van der Waals surface area contributed by atoms with E-state index in [1.165, 1.54) is 10.5 Å². The van der Waals surface area contributed by atoms with Crippen LogP contribution in [0, 0.1) is 6.92 Å². The number of aromatic nitrogens is 3. The molecule has 0 atom stereocenters. The number of rotatable bonds is 5. The van der Waals surface area contributed by atoms with Crippen molar-refractivity contribution in [3.63, 3.8) is 0 Å². The number of nitrogens with two attached hydrogens (primary N) is 1. The van der Waals surface area contributed by atoms with Gasteiger partial charge < -0.3 is 10.3 Å². The van der Waals surface area contributed by atoms with E-state index in [0.29, 0.717) is 6.54 Å². The average molecular weight is 294 g/mol. The SMILES string of the molecule is CCSc1cccc(Sc2nnc(C)n2C)c1CN. The molecule has 0 spiro atoms. The lowest BCUT2D eigenvalue weighted by Gasteiger charge is -2.11. The molecule has 0 fully saturated rings. The minimum absolute atomic E-state index is 0.544. The third-order valence-corrected chi connectivity index (χ3v) is 4.97. The van der Waals surface area contributed by atoms with Crippen LogP contribution in [0.1, 0.15) is 18.3 Å². The Labute approximate surface area is 122 Å². The monoisotopic (exact) mass is 294 g/mol. The second-order valence-electron chi connectivity index (χ2n) is 4.06. The lowest BCUT2D eigenvalue weighted by molar-refractivity contribution is 0.765. The lowest BCUT2D eigenvalue weighted by atomic mass is 10.2. The van der Waals surface area contributed by atoms with E-state index >= 15 is 0 Å². The Kier molecular flexibility index (Phi) is 4.90. The largest absolute Gasteiger partial charge is 0.326 e. The molecule has 1 aromatic carbocycles. The van der Waals surface area contributed by atoms with Gasteiger partial charge in [0.25, 0.3) is 0 Å². The topological polar surface area (TPSA) is 56.7 Å². The van der Waals surface area contributed by atoms with Gasteiger partial charge in [-0.1, -0.05) is 13.0 Å². The van der Waals surface area contributed by atoms with Gasteiger partial charge in [0.05, 0.1) is 0 Å². The third-order valence-electron chi connectivity index (χ3n) is 2.85. The van der Waals surface area contributed by atoms with Crippen molar-refractivity contribution in [2.24, 2.45) is 12.8 Å². The van der Waals surface area contributed by atoms with Crippen LogP contribution in [0.15, 0.2) is 33.1 Å². The van der Waals surface area contributed by atoms with E-state index in [9.17, 15) is 0 Å². The predicted octanol–water partition coefficient (Wildman–Crippen LogP) is 2.85. The van der Waals surface area contributed by atoms with Crippen molar-refractivity contribution in [1.82, 2.24) is 14.8 Å². The Hall–Kier alpha value is -0.980. The standard InChI is InChI=1S/C13H18N4S2/c1-4-18-11-6-5-7-12(10(11)8-14)19-13-16-15-9(2)17(13)3/h5-7H,4,8,14H2,1-3H3. The van der Waals surface area contributed by atoms with Gasteiger partial charge in [0.2, 0.25) is 0 Å². The molecule has 1 heterocycles. The van der Waals surface area contributed by atoms with Crippen LogP contribution in [0.25, 0.3) is 0 Å². The molecule has 19 heavy (non-hydrogen) atoms. The van der Waals surface area contributed by atoms with Gasteiger partial charge in [-0.15, -0.1) is 22.0 Å². The second kappa shape index (κ2) is 6.45. The summed E-state index contributed by atoms with van der Waals surface area (Å²) in [5.41, 5.74) is 7.10. The first-order chi connectivity index (χ1) is 9.17. The average Bonchev–Trinajstić information content (AvgIpc) is 2.72. The molecule has 102 valence electrons. The molecule has 0 saturated carbocycles. The molecule has 0 saturated heterocycles. The highest BCUT2D eigenvalue weighted by Crippen LogP contribution is 2.34. The van der Waals surface area contributed by atoms with E-state index in [1.54, 1.807) is 11.8 Å². The molecule has 2 rings (SSSR count). The molecule has 0 bridgehead atoms. The van der Waals surface area contributed by atoms with Crippen LogP contribution in [0.4, 0.5) is 0 Å². The van der Waals surface area contributed by atoms with Crippen LogP contribution in [0.3, 0.4) is 0 Å². The summed E-state index contributed by atoms with van der Waals surface area (Å²) in [7, 11) is 1.98. The van der Waals surface area contributed by atoms with Gasteiger partial charge in [-0.2, -0.15) is 0 Å². The zero-order chi connectivity index (χ0) is 13.8. The van der Waals surface area contributed by atoms with Crippen LogP contribution in [0.2, 0.25) is 0 Å². The van der Waals surface area contributed by atoms with Crippen molar-refractivity contribution in [1.29, 1.82) is 0 Å². The van der Waals surface area contributed by atoms with Gasteiger partial charge in [-0.25, -0.2) is 0 Å². The molecule has 4 nitrogen and oxygen atoms in total. The highest BCUT2D eigenvalue weighted by Gasteiger charge is 2.12. The van der Waals surface area contributed by atoms with Gasteiger partial charge in [0.1, 0.15) is 5.82 Å². The molecule has 0 aliphatic carbocycles. The quantitative estimate of drug-likeness (QED) is 0.859. The summed E-state index contributed by atoms with van der Waals surface area (Å²) in [4.78, 5) is 2.42. The van der Waals surface area contributed by atoms with Crippen molar-refractivity contribution in [2.75, 3.05) is 5.75 Å². The summed E-state index contributed by atoms with van der Waals surface area (Å²) in [5.74, 6) is 1.96. The fourth-order valence-corrected chi connectivity index (χ4v) is 3.64. The van der Waals surface area contributed by atoms with E-state index in [1.807, 2.05) is 30.3 Å². The second-order valence-corrected chi connectivity index (χ2v) is 6.38. The maximum Gasteiger partial charge on any atom is 0.195 e. The first-order valence-corrected chi connectivity index (χ1v) is 7.96. The number of hydrogen-bond acceptors (Lipinski definition) is 5. The molecule has 0 aliphatic rings. The van der Waals surface area contributed by atoms with E-state index < -0.39 is 0 Å². The first-order valence-electron chi connectivity index (χ1n) is 6.16. The number of benzene rings is 1. The van der Waals surface area contributed by atoms with E-state index in [2.05, 4.69) is 35.3 Å². The molecule has 0 aliphatic heterocycles. The fraction of sp³-hybridized carbons (Fsp3) is 0.385. The summed E-state index contributed by atoms with van der Waals surface area (Å²) in [5, 5.41) is 9.17. The summed E-state index contributed by atoms with van der Waals surface area (Å²) >= 11 is 3.45. The Balaban J connectivity index is 2.34. The van der Waals surface area contributed by atoms with Crippen LogP contribution in [0.5, 0.6) is 0 Å². The Morgan fingerprint density at radius 1 is 1.26 bits per heavy atom. The van der Waals surface area contributed by atoms with Crippen LogP contribution in [-0.4, -0.2) is 20.5 Å². The fourth-order valence-electron chi connectivity index (χ4n) is 1.71. The van der Waals surface area contributed by atoms with Crippen LogP contribution >= 0.6 is 23.5 Å². The van der Waals surface area contributed by atoms with Crippen molar-refractivity contribution >= 4 is 23.5 Å². The van der Waals surface area contributed by atoms with Crippen molar-refractivity contribution in [3.8, 4) is 0 Å². The van der Waals surface area contributed by atoms with E-state index in [0.717, 1.165) is 21.6 Å². The highest BCUT2D eigenvalue weighted by molar-refractivity contribution is 8.00. The predicted molar refractivity (Wildman–Crippen MR) is 80.6 cm³/mol. The molecule has 2 N–H and O–H groups in total. The molecule has 0 amide bonds.